The summed E-state index contributed by atoms with van der Waals surface area (Å²) in [7, 11) is 0. The molecule has 0 radical (unpaired) electrons. The molecule has 5 nitrogen and oxygen atoms in total. The lowest BCUT2D eigenvalue weighted by atomic mass is 10.0. The minimum atomic E-state index is -0.875. The summed E-state index contributed by atoms with van der Waals surface area (Å²) in [4.78, 5) is 24.7. The predicted molar refractivity (Wildman–Crippen MR) is 78.9 cm³/mol. The van der Waals surface area contributed by atoms with Crippen LogP contribution in [0.4, 0.5) is 0 Å². The van der Waals surface area contributed by atoms with Crippen molar-refractivity contribution in [2.24, 2.45) is 5.92 Å². The van der Waals surface area contributed by atoms with Gasteiger partial charge in [-0.05, 0) is 31.5 Å². The first-order chi connectivity index (χ1) is 9.90. The van der Waals surface area contributed by atoms with E-state index in [4.69, 9.17) is 33.0 Å². The van der Waals surface area contributed by atoms with Crippen molar-refractivity contribution in [2.75, 3.05) is 13.2 Å². The number of likely N-dealkylation sites (tertiary alicyclic amines) is 1. The normalized spacial score (nSPS) is 21.4. The third-order valence-corrected chi connectivity index (χ3v) is 4.17. The third kappa shape index (κ3) is 3.60. The Bertz CT molecular complexity index is 564. The number of carbonyl (C=O) groups is 2. The molecule has 2 atom stereocenters. The zero-order chi connectivity index (χ0) is 15.6. The van der Waals surface area contributed by atoms with E-state index >= 15 is 0 Å². The molecule has 0 aliphatic carbocycles. The van der Waals surface area contributed by atoms with E-state index in [1.807, 2.05) is 0 Å². The van der Waals surface area contributed by atoms with Crippen LogP contribution < -0.4 is 4.74 Å². The molecule has 7 heteroatoms. The molecule has 1 saturated heterocycles. The molecule has 1 fully saturated rings. The first-order valence-electron chi connectivity index (χ1n) is 6.50. The number of carboxylic acids is 1. The second-order valence-electron chi connectivity index (χ2n) is 4.92. The van der Waals surface area contributed by atoms with Gasteiger partial charge >= 0.3 is 5.97 Å². The van der Waals surface area contributed by atoms with Gasteiger partial charge in [-0.2, -0.15) is 0 Å². The van der Waals surface area contributed by atoms with E-state index < -0.39 is 11.9 Å². The fraction of sp³-hybridized carbons (Fsp3) is 0.429. The molecule has 2 unspecified atom stereocenters. The number of nitrogens with zero attached hydrogens (tertiary/aromatic N) is 1. The molecule has 0 bridgehead atoms. The van der Waals surface area contributed by atoms with Gasteiger partial charge in [0.25, 0.3) is 5.91 Å². The summed E-state index contributed by atoms with van der Waals surface area (Å²) in [5, 5.41) is 9.86. The van der Waals surface area contributed by atoms with Crippen molar-refractivity contribution in [1.29, 1.82) is 0 Å². The van der Waals surface area contributed by atoms with E-state index in [0.717, 1.165) is 0 Å². The van der Waals surface area contributed by atoms with Crippen LogP contribution in [0.3, 0.4) is 0 Å². The standard InChI is InChI=1S/C14H15Cl2NO4/c1-8-10(14(19)20)4-5-17(8)13(18)7-21-12-3-2-9(15)6-11(12)16/h2-3,6,8,10H,4-5,7H2,1H3,(H,19,20). The Morgan fingerprint density at radius 3 is 2.71 bits per heavy atom. The molecule has 1 amide bonds. The van der Waals surface area contributed by atoms with Crippen molar-refractivity contribution in [2.45, 2.75) is 19.4 Å². The number of rotatable bonds is 4. The van der Waals surface area contributed by atoms with Gasteiger partial charge in [0, 0.05) is 17.6 Å². The molecule has 0 saturated carbocycles. The van der Waals surface area contributed by atoms with E-state index in [2.05, 4.69) is 0 Å². The van der Waals surface area contributed by atoms with Crippen molar-refractivity contribution >= 4 is 35.1 Å². The van der Waals surface area contributed by atoms with Crippen LogP contribution in [0.15, 0.2) is 18.2 Å². The van der Waals surface area contributed by atoms with Crippen LogP contribution in [0.5, 0.6) is 5.75 Å². The van der Waals surface area contributed by atoms with Gasteiger partial charge in [-0.3, -0.25) is 9.59 Å². The number of benzene rings is 1. The molecular formula is C14H15Cl2NO4. The van der Waals surface area contributed by atoms with Gasteiger partial charge in [-0.25, -0.2) is 0 Å². The zero-order valence-corrected chi connectivity index (χ0v) is 12.9. The number of carbonyl (C=O) groups excluding carboxylic acids is 1. The van der Waals surface area contributed by atoms with Gasteiger partial charge in [0.05, 0.1) is 10.9 Å². The Hall–Kier alpha value is -1.46. The van der Waals surface area contributed by atoms with E-state index in [-0.39, 0.29) is 18.6 Å². The largest absolute Gasteiger partial charge is 0.482 e. The maximum atomic E-state index is 12.1. The lowest BCUT2D eigenvalue weighted by molar-refractivity contribution is -0.143. The van der Waals surface area contributed by atoms with E-state index in [1.54, 1.807) is 19.1 Å². The number of hydrogen-bond donors (Lipinski definition) is 1. The molecule has 0 aromatic heterocycles. The monoisotopic (exact) mass is 331 g/mol. The van der Waals surface area contributed by atoms with Crippen LogP contribution in [-0.2, 0) is 9.59 Å². The second-order valence-corrected chi connectivity index (χ2v) is 5.77. The molecule has 114 valence electrons. The Labute approximate surface area is 132 Å². The molecule has 1 aliphatic rings. The summed E-state index contributed by atoms with van der Waals surface area (Å²) >= 11 is 11.7. The van der Waals surface area contributed by atoms with Crippen LogP contribution in [0.2, 0.25) is 10.0 Å². The van der Waals surface area contributed by atoms with Crippen LogP contribution >= 0.6 is 23.2 Å². The zero-order valence-electron chi connectivity index (χ0n) is 11.4. The number of halogens is 2. The van der Waals surface area contributed by atoms with Gasteiger partial charge in [-0.1, -0.05) is 23.2 Å². The minimum Gasteiger partial charge on any atom is -0.482 e. The topological polar surface area (TPSA) is 66.8 Å². The average Bonchev–Trinajstić information content (AvgIpc) is 2.79. The highest BCUT2D eigenvalue weighted by atomic mass is 35.5. The number of aliphatic carboxylic acids is 1. The molecule has 1 heterocycles. The summed E-state index contributed by atoms with van der Waals surface area (Å²) < 4.78 is 5.38. The maximum Gasteiger partial charge on any atom is 0.308 e. The van der Waals surface area contributed by atoms with Crippen molar-refractivity contribution in [3.8, 4) is 5.75 Å². The van der Waals surface area contributed by atoms with Gasteiger partial charge in [0.1, 0.15) is 5.75 Å². The van der Waals surface area contributed by atoms with Gasteiger partial charge in [0.2, 0.25) is 0 Å². The Balaban J connectivity index is 1.95. The Morgan fingerprint density at radius 2 is 2.14 bits per heavy atom. The summed E-state index contributed by atoms with van der Waals surface area (Å²) in [5.74, 6) is -1.28. The quantitative estimate of drug-likeness (QED) is 0.921. The van der Waals surface area contributed by atoms with E-state index in [9.17, 15) is 9.59 Å². The highest BCUT2D eigenvalue weighted by Crippen LogP contribution is 2.28. The number of hydrogen-bond acceptors (Lipinski definition) is 3. The highest BCUT2D eigenvalue weighted by molar-refractivity contribution is 6.35. The van der Waals surface area contributed by atoms with Crippen molar-refractivity contribution in [3.05, 3.63) is 28.2 Å². The molecule has 21 heavy (non-hydrogen) atoms. The number of amides is 1. The van der Waals surface area contributed by atoms with Crippen molar-refractivity contribution in [3.63, 3.8) is 0 Å². The molecule has 1 N–H and O–H groups in total. The molecule has 0 spiro atoms. The smallest absolute Gasteiger partial charge is 0.308 e. The SMILES string of the molecule is CC1C(C(=O)O)CCN1C(=O)COc1ccc(Cl)cc1Cl. The molecule has 1 aromatic carbocycles. The maximum absolute atomic E-state index is 12.1. The summed E-state index contributed by atoms with van der Waals surface area (Å²) in [5.41, 5.74) is 0. The second kappa shape index (κ2) is 6.54. The summed E-state index contributed by atoms with van der Waals surface area (Å²) in [6.45, 7) is 1.98. The summed E-state index contributed by atoms with van der Waals surface area (Å²) in [6, 6.07) is 4.40. The minimum absolute atomic E-state index is 0.183. The van der Waals surface area contributed by atoms with Crippen molar-refractivity contribution < 1.29 is 19.4 Å². The number of carboxylic acid groups (broad SMARTS) is 1. The third-order valence-electron chi connectivity index (χ3n) is 3.64. The van der Waals surface area contributed by atoms with Crippen LogP contribution in [-0.4, -0.2) is 41.1 Å². The van der Waals surface area contributed by atoms with Gasteiger partial charge < -0.3 is 14.7 Å². The highest BCUT2D eigenvalue weighted by Gasteiger charge is 2.38. The van der Waals surface area contributed by atoms with Crippen LogP contribution in [0.1, 0.15) is 13.3 Å². The molecule has 2 rings (SSSR count). The van der Waals surface area contributed by atoms with E-state index in [0.29, 0.717) is 28.8 Å². The van der Waals surface area contributed by atoms with Crippen molar-refractivity contribution in [1.82, 2.24) is 4.90 Å². The van der Waals surface area contributed by atoms with Crippen LogP contribution in [0, 0.1) is 5.92 Å². The molecule has 1 aromatic rings. The lowest BCUT2D eigenvalue weighted by Crippen LogP contribution is -2.40. The fourth-order valence-electron chi connectivity index (χ4n) is 2.44. The van der Waals surface area contributed by atoms with E-state index in [1.165, 1.54) is 11.0 Å². The van der Waals surface area contributed by atoms with Crippen LogP contribution in [0.25, 0.3) is 0 Å². The first-order valence-corrected chi connectivity index (χ1v) is 7.26. The Kier molecular flexibility index (Phi) is 4.96. The molecule has 1 aliphatic heterocycles. The Morgan fingerprint density at radius 1 is 1.43 bits per heavy atom. The predicted octanol–water partition coefficient (Wildman–Crippen LogP) is 2.69. The van der Waals surface area contributed by atoms with Gasteiger partial charge in [-0.15, -0.1) is 0 Å². The fourth-order valence-corrected chi connectivity index (χ4v) is 2.90. The average molecular weight is 332 g/mol. The first kappa shape index (κ1) is 15.9. The number of ether oxygens (including phenoxy) is 1. The summed E-state index contributed by atoms with van der Waals surface area (Å²) in [6.07, 6.45) is 0.462. The van der Waals surface area contributed by atoms with Gasteiger partial charge in [0.15, 0.2) is 6.61 Å². The lowest BCUT2D eigenvalue weighted by Gasteiger charge is -2.23. The molecular weight excluding hydrogens is 317 g/mol.